The van der Waals surface area contributed by atoms with E-state index in [2.05, 4.69) is 27.0 Å². The molecule has 0 spiro atoms. The molecular weight excluding hydrogens is 284 g/mol. The Balaban J connectivity index is 2.34. The summed E-state index contributed by atoms with van der Waals surface area (Å²) in [6, 6.07) is 4.10. The van der Waals surface area contributed by atoms with Crippen molar-refractivity contribution in [1.82, 2.24) is 16.0 Å². The second-order valence-corrected chi connectivity index (χ2v) is 6.74. The Morgan fingerprint density at radius 3 is 2.52 bits per heavy atom. The molecule has 0 radical (unpaired) electrons. The Hall–Kier alpha value is -1.56. The van der Waals surface area contributed by atoms with Crippen molar-refractivity contribution in [2.45, 2.75) is 34.2 Å². The molecule has 1 aromatic heterocycles. The van der Waals surface area contributed by atoms with Gasteiger partial charge in [0, 0.05) is 29.9 Å². The lowest BCUT2D eigenvalue weighted by Crippen LogP contribution is -2.43. The standard InChI is InChI=1S/C15H26N4OS/c1-5-16-14(19-11-12-7-6-10-21-12)18-9-8-17-13(20)15(2,3)4/h6-7,10H,5,8-9,11H2,1-4H3,(H,17,20)(H2,16,18,19). The van der Waals surface area contributed by atoms with Gasteiger partial charge in [0.25, 0.3) is 0 Å². The topological polar surface area (TPSA) is 65.5 Å². The van der Waals surface area contributed by atoms with Gasteiger partial charge in [-0.1, -0.05) is 26.8 Å². The van der Waals surface area contributed by atoms with Crippen LogP contribution in [0.15, 0.2) is 22.5 Å². The number of hydrogen-bond acceptors (Lipinski definition) is 3. The summed E-state index contributed by atoms with van der Waals surface area (Å²) in [6.45, 7) is 10.5. The molecule has 0 saturated heterocycles. The lowest BCUT2D eigenvalue weighted by Gasteiger charge is -2.18. The number of carbonyl (C=O) groups excluding carboxylic acids is 1. The number of amides is 1. The van der Waals surface area contributed by atoms with E-state index < -0.39 is 0 Å². The van der Waals surface area contributed by atoms with E-state index in [1.165, 1.54) is 4.88 Å². The lowest BCUT2D eigenvalue weighted by atomic mass is 9.96. The normalized spacial score (nSPS) is 12.1. The van der Waals surface area contributed by atoms with Crippen molar-refractivity contribution in [3.05, 3.63) is 22.4 Å². The first-order chi connectivity index (χ1) is 9.93. The summed E-state index contributed by atoms with van der Waals surface area (Å²) in [5.74, 6) is 0.834. The second-order valence-electron chi connectivity index (χ2n) is 5.71. The maximum absolute atomic E-state index is 11.7. The number of hydrogen-bond donors (Lipinski definition) is 3. The minimum absolute atomic E-state index is 0.0600. The summed E-state index contributed by atoms with van der Waals surface area (Å²) < 4.78 is 0. The van der Waals surface area contributed by atoms with E-state index in [1.807, 2.05) is 39.1 Å². The number of thiophene rings is 1. The number of nitrogens with zero attached hydrogens (tertiary/aromatic N) is 1. The van der Waals surface area contributed by atoms with E-state index in [1.54, 1.807) is 11.3 Å². The average Bonchev–Trinajstić information content (AvgIpc) is 2.92. The van der Waals surface area contributed by atoms with Crippen LogP contribution in [0.5, 0.6) is 0 Å². The quantitative estimate of drug-likeness (QED) is 0.427. The highest BCUT2D eigenvalue weighted by Gasteiger charge is 2.20. The second kappa shape index (κ2) is 8.67. The monoisotopic (exact) mass is 310 g/mol. The zero-order valence-corrected chi connectivity index (χ0v) is 14.1. The number of nitrogens with one attached hydrogen (secondary N) is 3. The molecular formula is C15H26N4OS. The van der Waals surface area contributed by atoms with Crippen LogP contribution in [-0.4, -0.2) is 31.5 Å². The van der Waals surface area contributed by atoms with Crippen molar-refractivity contribution in [2.24, 2.45) is 10.4 Å². The van der Waals surface area contributed by atoms with E-state index >= 15 is 0 Å². The first-order valence-corrected chi connectivity index (χ1v) is 8.14. The fourth-order valence-electron chi connectivity index (χ4n) is 1.52. The van der Waals surface area contributed by atoms with Gasteiger partial charge in [-0.2, -0.15) is 0 Å². The summed E-state index contributed by atoms with van der Waals surface area (Å²) in [5, 5.41) is 11.4. The van der Waals surface area contributed by atoms with Gasteiger partial charge >= 0.3 is 0 Å². The predicted molar refractivity (Wildman–Crippen MR) is 89.6 cm³/mol. The molecule has 0 aliphatic heterocycles. The molecule has 1 amide bonds. The Morgan fingerprint density at radius 1 is 1.24 bits per heavy atom. The largest absolute Gasteiger partial charge is 0.357 e. The smallest absolute Gasteiger partial charge is 0.225 e. The highest BCUT2D eigenvalue weighted by molar-refractivity contribution is 7.09. The molecule has 0 atom stereocenters. The molecule has 0 aliphatic rings. The van der Waals surface area contributed by atoms with Crippen LogP contribution < -0.4 is 16.0 Å². The fourth-order valence-corrected chi connectivity index (χ4v) is 2.15. The predicted octanol–water partition coefficient (Wildman–Crippen LogP) is 1.97. The summed E-state index contributed by atoms with van der Waals surface area (Å²) in [5.41, 5.74) is -0.349. The average molecular weight is 310 g/mol. The van der Waals surface area contributed by atoms with Crippen molar-refractivity contribution < 1.29 is 4.79 Å². The van der Waals surface area contributed by atoms with E-state index in [9.17, 15) is 4.79 Å². The van der Waals surface area contributed by atoms with Crippen LogP contribution in [0, 0.1) is 5.41 Å². The first-order valence-electron chi connectivity index (χ1n) is 7.26. The van der Waals surface area contributed by atoms with E-state index in [0.717, 1.165) is 12.5 Å². The maximum Gasteiger partial charge on any atom is 0.225 e. The molecule has 0 saturated carbocycles. The fraction of sp³-hybridized carbons (Fsp3) is 0.600. The number of rotatable bonds is 6. The van der Waals surface area contributed by atoms with Crippen LogP contribution in [0.25, 0.3) is 0 Å². The van der Waals surface area contributed by atoms with Crippen molar-refractivity contribution in [3.8, 4) is 0 Å². The molecule has 0 aliphatic carbocycles. The van der Waals surface area contributed by atoms with Crippen LogP contribution in [0.3, 0.4) is 0 Å². The Bertz CT molecular complexity index is 449. The minimum atomic E-state index is -0.349. The van der Waals surface area contributed by atoms with Gasteiger partial charge < -0.3 is 16.0 Å². The Morgan fingerprint density at radius 2 is 1.95 bits per heavy atom. The molecule has 1 aromatic rings. The van der Waals surface area contributed by atoms with Gasteiger partial charge in [-0.05, 0) is 18.4 Å². The Labute approximate surface area is 131 Å². The third-order valence-corrected chi connectivity index (χ3v) is 3.56. The molecule has 1 rings (SSSR count). The van der Waals surface area contributed by atoms with Gasteiger partial charge in [0.05, 0.1) is 6.54 Å². The summed E-state index contributed by atoms with van der Waals surface area (Å²) in [6.07, 6.45) is 0. The van der Waals surface area contributed by atoms with Crippen molar-refractivity contribution in [3.63, 3.8) is 0 Å². The zero-order valence-electron chi connectivity index (χ0n) is 13.3. The number of carbonyl (C=O) groups is 1. The molecule has 0 fully saturated rings. The van der Waals surface area contributed by atoms with Crippen LogP contribution in [0.4, 0.5) is 0 Å². The first kappa shape index (κ1) is 17.5. The third kappa shape index (κ3) is 7.13. The molecule has 5 nitrogen and oxygen atoms in total. The molecule has 3 N–H and O–H groups in total. The number of aliphatic imine (C=N–C) groups is 1. The molecule has 118 valence electrons. The van der Waals surface area contributed by atoms with Crippen LogP contribution in [-0.2, 0) is 11.3 Å². The summed E-state index contributed by atoms with van der Waals surface area (Å²) in [4.78, 5) is 17.5. The van der Waals surface area contributed by atoms with Crippen molar-refractivity contribution in [1.29, 1.82) is 0 Å². The van der Waals surface area contributed by atoms with Gasteiger partial charge in [0.2, 0.25) is 5.91 Å². The van der Waals surface area contributed by atoms with Gasteiger partial charge in [-0.15, -0.1) is 11.3 Å². The van der Waals surface area contributed by atoms with Gasteiger partial charge in [-0.25, -0.2) is 4.99 Å². The third-order valence-electron chi connectivity index (χ3n) is 2.70. The van der Waals surface area contributed by atoms with Gasteiger partial charge in [0.15, 0.2) is 5.96 Å². The van der Waals surface area contributed by atoms with Gasteiger partial charge in [-0.3, -0.25) is 4.79 Å². The van der Waals surface area contributed by atoms with Gasteiger partial charge in [0.1, 0.15) is 0 Å². The molecule has 6 heteroatoms. The van der Waals surface area contributed by atoms with E-state index in [-0.39, 0.29) is 11.3 Å². The molecule has 0 bridgehead atoms. The van der Waals surface area contributed by atoms with Crippen molar-refractivity contribution in [2.75, 3.05) is 19.6 Å². The summed E-state index contributed by atoms with van der Waals surface area (Å²) in [7, 11) is 0. The SMILES string of the molecule is CCNC(=NCc1cccs1)NCCNC(=O)C(C)(C)C. The van der Waals surface area contributed by atoms with E-state index in [0.29, 0.717) is 19.6 Å². The zero-order chi connectivity index (χ0) is 15.7. The summed E-state index contributed by atoms with van der Waals surface area (Å²) >= 11 is 1.70. The maximum atomic E-state index is 11.7. The molecule has 1 heterocycles. The van der Waals surface area contributed by atoms with E-state index in [4.69, 9.17) is 0 Å². The van der Waals surface area contributed by atoms with Crippen LogP contribution >= 0.6 is 11.3 Å². The lowest BCUT2D eigenvalue weighted by molar-refractivity contribution is -0.128. The molecule has 0 unspecified atom stereocenters. The van der Waals surface area contributed by atoms with Crippen LogP contribution in [0.1, 0.15) is 32.6 Å². The van der Waals surface area contributed by atoms with Crippen molar-refractivity contribution >= 4 is 23.2 Å². The molecule has 21 heavy (non-hydrogen) atoms. The highest BCUT2D eigenvalue weighted by atomic mass is 32.1. The minimum Gasteiger partial charge on any atom is -0.357 e. The van der Waals surface area contributed by atoms with Crippen LogP contribution in [0.2, 0.25) is 0 Å². The molecule has 0 aromatic carbocycles. The number of guanidine groups is 1. The highest BCUT2D eigenvalue weighted by Crippen LogP contribution is 2.11. The Kier molecular flexibility index (Phi) is 7.22.